The first-order valence-corrected chi connectivity index (χ1v) is 5.08. The number of carboxylic acid groups (broad SMARTS) is 1. The minimum absolute atomic E-state index is 0.257. The van der Waals surface area contributed by atoms with Gasteiger partial charge >= 0.3 is 18.3 Å². The molecule has 0 spiro atoms. The maximum Gasteiger partial charge on any atom is 0.326 e. The highest BCUT2D eigenvalue weighted by Crippen LogP contribution is 2.26. The molecule has 0 bridgehead atoms. The number of alkyl halides is 4. The summed E-state index contributed by atoms with van der Waals surface area (Å²) in [6.07, 6.45) is -3.84. The van der Waals surface area contributed by atoms with Gasteiger partial charge in [0.1, 0.15) is 6.54 Å². The van der Waals surface area contributed by atoms with Crippen molar-refractivity contribution < 1.29 is 27.5 Å². The third-order valence-electron chi connectivity index (χ3n) is 1.50. The summed E-state index contributed by atoms with van der Waals surface area (Å²) in [5.74, 6) is -5.93. The molecule has 1 rings (SSSR count). The average Bonchev–Trinajstić information content (AvgIpc) is 2.61. The Morgan fingerprint density at radius 3 is 2.71 bits per heavy atom. The van der Waals surface area contributed by atoms with E-state index in [1.54, 1.807) is 0 Å². The van der Waals surface area contributed by atoms with Crippen LogP contribution in [0, 0.1) is 0 Å². The molecule has 0 saturated carbocycles. The number of carbonyl (C=O) groups is 1. The number of tetrazole rings is 1. The Kier molecular flexibility index (Phi) is 4.26. The molecule has 1 aromatic heterocycles. The Balaban J connectivity index is 2.72. The Morgan fingerprint density at radius 2 is 2.18 bits per heavy atom. The van der Waals surface area contributed by atoms with Crippen molar-refractivity contribution in [1.82, 2.24) is 20.2 Å². The molecular weight excluding hydrogens is 268 g/mol. The number of hydrogen-bond acceptors (Lipinski definition) is 5. The van der Waals surface area contributed by atoms with E-state index in [0.717, 1.165) is 0 Å². The Hall–Kier alpha value is -1.39. The summed E-state index contributed by atoms with van der Waals surface area (Å²) in [4.78, 5) is 10.2. The molecule has 96 valence electrons. The highest BCUT2D eigenvalue weighted by atomic mass is 32.2. The third kappa shape index (κ3) is 3.84. The van der Waals surface area contributed by atoms with Crippen molar-refractivity contribution in [2.24, 2.45) is 0 Å². The van der Waals surface area contributed by atoms with Gasteiger partial charge in [0.05, 0.1) is 5.75 Å². The zero-order chi connectivity index (χ0) is 13.1. The van der Waals surface area contributed by atoms with Crippen LogP contribution in [-0.2, 0) is 11.3 Å². The van der Waals surface area contributed by atoms with Gasteiger partial charge in [-0.2, -0.15) is 8.78 Å². The molecule has 0 amide bonds. The minimum atomic E-state index is -4.27. The molecule has 0 fully saturated rings. The molecule has 0 aliphatic carbocycles. The molecule has 1 aromatic rings. The summed E-state index contributed by atoms with van der Waals surface area (Å²) >= 11 is 0.563. The van der Waals surface area contributed by atoms with Crippen molar-refractivity contribution in [2.45, 2.75) is 24.0 Å². The Labute approximate surface area is 96.0 Å². The second-order valence-corrected chi connectivity index (χ2v) is 3.81. The van der Waals surface area contributed by atoms with Crippen molar-refractivity contribution in [2.75, 3.05) is 5.75 Å². The maximum absolute atomic E-state index is 12.7. The highest BCUT2D eigenvalue weighted by Gasteiger charge is 2.42. The second-order valence-electron chi connectivity index (χ2n) is 2.86. The molecule has 0 unspecified atom stereocenters. The SMILES string of the molecule is O=C(O)CSc1nnnn1CC(F)(F)C(F)F. The first-order valence-electron chi connectivity index (χ1n) is 4.09. The summed E-state index contributed by atoms with van der Waals surface area (Å²) in [5.41, 5.74) is 0. The standard InChI is InChI=1S/C6H6F4N4O2S/c7-4(8)6(9,10)2-14-5(11-12-13-14)17-1-3(15)16/h4H,1-2H2,(H,15,16). The van der Waals surface area contributed by atoms with Crippen LogP contribution < -0.4 is 0 Å². The molecule has 0 aliphatic heterocycles. The van der Waals surface area contributed by atoms with Crippen LogP contribution in [0.25, 0.3) is 0 Å². The van der Waals surface area contributed by atoms with E-state index in [2.05, 4.69) is 15.5 Å². The van der Waals surface area contributed by atoms with E-state index in [9.17, 15) is 22.4 Å². The lowest BCUT2D eigenvalue weighted by Gasteiger charge is -2.14. The van der Waals surface area contributed by atoms with Crippen LogP contribution in [-0.4, -0.2) is 49.4 Å². The fourth-order valence-electron chi connectivity index (χ4n) is 0.794. The van der Waals surface area contributed by atoms with Gasteiger partial charge in [-0.3, -0.25) is 4.79 Å². The number of thioether (sulfide) groups is 1. The lowest BCUT2D eigenvalue weighted by molar-refractivity contribution is -0.140. The lowest BCUT2D eigenvalue weighted by Crippen LogP contribution is -2.32. The number of aromatic nitrogens is 4. The third-order valence-corrected chi connectivity index (χ3v) is 2.45. The van der Waals surface area contributed by atoms with Gasteiger partial charge in [0.25, 0.3) is 0 Å². The Morgan fingerprint density at radius 1 is 1.53 bits per heavy atom. The van der Waals surface area contributed by atoms with E-state index in [1.165, 1.54) is 0 Å². The number of rotatable bonds is 6. The van der Waals surface area contributed by atoms with Crippen molar-refractivity contribution in [1.29, 1.82) is 0 Å². The molecule has 0 aliphatic rings. The molecule has 0 atom stereocenters. The van der Waals surface area contributed by atoms with Gasteiger partial charge in [0.2, 0.25) is 5.16 Å². The molecule has 1 heterocycles. The number of halogens is 4. The zero-order valence-corrected chi connectivity index (χ0v) is 8.87. The molecule has 0 radical (unpaired) electrons. The average molecular weight is 274 g/mol. The smallest absolute Gasteiger partial charge is 0.326 e. The van der Waals surface area contributed by atoms with Gasteiger partial charge in [-0.25, -0.2) is 13.5 Å². The van der Waals surface area contributed by atoms with Crippen molar-refractivity contribution in [3.05, 3.63) is 0 Å². The summed E-state index contributed by atoms with van der Waals surface area (Å²) in [6, 6.07) is 0. The minimum Gasteiger partial charge on any atom is -0.481 e. The monoisotopic (exact) mass is 274 g/mol. The molecule has 1 N–H and O–H groups in total. The van der Waals surface area contributed by atoms with Crippen molar-refractivity contribution in [3.63, 3.8) is 0 Å². The molecule has 17 heavy (non-hydrogen) atoms. The molecule has 11 heteroatoms. The van der Waals surface area contributed by atoms with E-state index >= 15 is 0 Å². The van der Waals surface area contributed by atoms with Crippen molar-refractivity contribution >= 4 is 17.7 Å². The summed E-state index contributed by atoms with van der Waals surface area (Å²) in [5, 5.41) is 17.5. The molecule has 0 aromatic carbocycles. The molecular formula is C6H6F4N4O2S. The Bertz CT molecular complexity index is 399. The first kappa shape index (κ1) is 13.7. The normalized spacial score (nSPS) is 12.1. The number of aliphatic carboxylic acids is 1. The maximum atomic E-state index is 12.7. The molecule has 6 nitrogen and oxygen atoms in total. The predicted molar refractivity (Wildman–Crippen MR) is 47.1 cm³/mol. The second kappa shape index (κ2) is 5.29. The van der Waals surface area contributed by atoms with Crippen LogP contribution in [0.1, 0.15) is 0 Å². The summed E-state index contributed by atoms with van der Waals surface area (Å²) in [6.45, 7) is -1.40. The predicted octanol–water partition coefficient (Wildman–Crippen LogP) is 0.750. The van der Waals surface area contributed by atoms with Gasteiger partial charge in [0, 0.05) is 0 Å². The number of hydrogen-bond donors (Lipinski definition) is 1. The van der Waals surface area contributed by atoms with Gasteiger partial charge in [-0.15, -0.1) is 5.10 Å². The van der Waals surface area contributed by atoms with Crippen LogP contribution in [0.5, 0.6) is 0 Å². The summed E-state index contributed by atoms with van der Waals surface area (Å²) in [7, 11) is 0. The van der Waals surface area contributed by atoms with E-state index in [4.69, 9.17) is 5.11 Å². The fourth-order valence-corrected chi connectivity index (χ4v) is 1.39. The van der Waals surface area contributed by atoms with Gasteiger partial charge in [0.15, 0.2) is 0 Å². The van der Waals surface area contributed by atoms with Crippen molar-refractivity contribution in [3.8, 4) is 0 Å². The number of carboxylic acids is 1. The van der Waals surface area contributed by atoms with E-state index in [1.807, 2.05) is 0 Å². The van der Waals surface area contributed by atoms with Gasteiger partial charge in [-0.1, -0.05) is 11.8 Å². The summed E-state index contributed by atoms with van der Waals surface area (Å²) < 4.78 is 49.7. The van der Waals surface area contributed by atoms with Crippen LogP contribution >= 0.6 is 11.8 Å². The topological polar surface area (TPSA) is 80.9 Å². The van der Waals surface area contributed by atoms with E-state index in [-0.39, 0.29) is 5.16 Å². The lowest BCUT2D eigenvalue weighted by atomic mass is 10.3. The van der Waals surface area contributed by atoms with Crippen LogP contribution in [0.15, 0.2) is 5.16 Å². The van der Waals surface area contributed by atoms with E-state index < -0.39 is 30.6 Å². The van der Waals surface area contributed by atoms with E-state index in [0.29, 0.717) is 16.4 Å². The largest absolute Gasteiger partial charge is 0.481 e. The quantitative estimate of drug-likeness (QED) is 0.609. The van der Waals surface area contributed by atoms with Gasteiger partial charge in [-0.05, 0) is 10.4 Å². The first-order chi connectivity index (χ1) is 7.83. The number of nitrogens with zero attached hydrogens (tertiary/aromatic N) is 4. The fraction of sp³-hybridized carbons (Fsp3) is 0.667. The molecule has 0 saturated heterocycles. The van der Waals surface area contributed by atoms with Crippen LogP contribution in [0.2, 0.25) is 0 Å². The zero-order valence-electron chi connectivity index (χ0n) is 8.06. The van der Waals surface area contributed by atoms with Crippen LogP contribution in [0.4, 0.5) is 17.6 Å². The van der Waals surface area contributed by atoms with Crippen LogP contribution in [0.3, 0.4) is 0 Å². The van der Waals surface area contributed by atoms with Gasteiger partial charge < -0.3 is 5.11 Å². The highest BCUT2D eigenvalue weighted by molar-refractivity contribution is 7.99.